The number of benzene rings is 1. The van der Waals surface area contributed by atoms with Crippen molar-refractivity contribution in [3.63, 3.8) is 0 Å². The third kappa shape index (κ3) is 3.99. The maximum Gasteiger partial charge on any atom is 0.232 e. The molecular weight excluding hydrogens is 324 g/mol. The molecule has 1 aromatic carbocycles. The van der Waals surface area contributed by atoms with Crippen LogP contribution in [0.5, 0.6) is 11.6 Å². The molecule has 2 rings (SSSR count). The Hall–Kier alpha value is -2.02. The van der Waals surface area contributed by atoms with Gasteiger partial charge in [0.2, 0.25) is 11.8 Å². The van der Waals surface area contributed by atoms with Gasteiger partial charge in [0.05, 0.1) is 24.3 Å². The van der Waals surface area contributed by atoms with E-state index in [1.807, 2.05) is 18.2 Å². The van der Waals surface area contributed by atoms with E-state index >= 15 is 0 Å². The molecule has 0 saturated carbocycles. The van der Waals surface area contributed by atoms with Crippen LogP contribution >= 0.6 is 15.9 Å². The molecule has 1 aromatic heterocycles. The number of rotatable bonds is 6. The Balaban J connectivity index is 1.81. The van der Waals surface area contributed by atoms with Crippen molar-refractivity contribution < 1.29 is 9.47 Å². The largest absolute Gasteiger partial charge is 0.492 e. The molecule has 2 aromatic rings. The van der Waals surface area contributed by atoms with Crippen molar-refractivity contribution in [3.8, 4) is 11.6 Å². The highest BCUT2D eigenvalue weighted by Crippen LogP contribution is 2.21. The number of anilines is 2. The number of nitrogen functional groups attached to an aromatic ring is 1. The number of methoxy groups -OCH3 is 1. The van der Waals surface area contributed by atoms with Crippen LogP contribution < -0.4 is 20.5 Å². The van der Waals surface area contributed by atoms with Gasteiger partial charge in [-0.25, -0.2) is 4.98 Å². The summed E-state index contributed by atoms with van der Waals surface area (Å²) in [4.78, 5) is 8.30. The van der Waals surface area contributed by atoms with Crippen molar-refractivity contribution in [3.05, 3.63) is 34.9 Å². The molecule has 0 spiro atoms. The third-order valence-electron chi connectivity index (χ3n) is 2.42. The summed E-state index contributed by atoms with van der Waals surface area (Å²) in [5, 5.41) is 3.05. The first-order valence-corrected chi connectivity index (χ1v) is 6.77. The van der Waals surface area contributed by atoms with Gasteiger partial charge in [0.25, 0.3) is 0 Å². The lowest BCUT2D eigenvalue weighted by Gasteiger charge is -2.09. The van der Waals surface area contributed by atoms with Crippen molar-refractivity contribution in [2.75, 3.05) is 31.3 Å². The van der Waals surface area contributed by atoms with Gasteiger partial charge >= 0.3 is 0 Å². The van der Waals surface area contributed by atoms with Gasteiger partial charge in [-0.05, 0) is 28.1 Å². The Kier molecular flexibility index (Phi) is 5.00. The number of hydrogen-bond acceptors (Lipinski definition) is 6. The normalized spacial score (nSPS) is 10.1. The minimum atomic E-state index is 0.477. The van der Waals surface area contributed by atoms with Crippen molar-refractivity contribution in [2.24, 2.45) is 0 Å². The molecule has 0 amide bonds. The van der Waals surface area contributed by atoms with E-state index in [1.165, 1.54) is 0 Å². The summed E-state index contributed by atoms with van der Waals surface area (Å²) in [6.45, 7) is 1.05. The summed E-state index contributed by atoms with van der Waals surface area (Å²) < 4.78 is 11.4. The van der Waals surface area contributed by atoms with Crippen LogP contribution in [0.4, 0.5) is 11.6 Å². The smallest absolute Gasteiger partial charge is 0.232 e. The van der Waals surface area contributed by atoms with Gasteiger partial charge in [0, 0.05) is 11.8 Å². The fourth-order valence-electron chi connectivity index (χ4n) is 1.52. The molecule has 106 valence electrons. The summed E-state index contributed by atoms with van der Waals surface area (Å²) in [5.41, 5.74) is 6.34. The minimum Gasteiger partial charge on any atom is -0.492 e. The summed E-state index contributed by atoms with van der Waals surface area (Å²) in [6, 6.07) is 7.29. The van der Waals surface area contributed by atoms with E-state index in [4.69, 9.17) is 15.2 Å². The first-order chi connectivity index (χ1) is 9.69. The van der Waals surface area contributed by atoms with E-state index in [0.29, 0.717) is 35.1 Å². The summed E-state index contributed by atoms with van der Waals surface area (Å²) >= 11 is 3.30. The topological polar surface area (TPSA) is 82.3 Å². The Morgan fingerprint density at radius 1 is 1.40 bits per heavy atom. The van der Waals surface area contributed by atoms with Crippen molar-refractivity contribution >= 4 is 27.6 Å². The molecule has 0 saturated heterocycles. The first-order valence-electron chi connectivity index (χ1n) is 5.98. The number of nitrogens with one attached hydrogen (secondary N) is 1. The van der Waals surface area contributed by atoms with Crippen molar-refractivity contribution in [1.82, 2.24) is 9.97 Å². The number of ether oxygens (including phenoxy) is 2. The highest BCUT2D eigenvalue weighted by molar-refractivity contribution is 9.10. The highest BCUT2D eigenvalue weighted by atomic mass is 79.9. The Morgan fingerprint density at radius 2 is 2.25 bits per heavy atom. The second kappa shape index (κ2) is 6.95. The van der Waals surface area contributed by atoms with Crippen LogP contribution in [0.2, 0.25) is 0 Å². The maximum absolute atomic E-state index is 5.67. The number of nitrogens with two attached hydrogens (primary N) is 1. The van der Waals surface area contributed by atoms with Gasteiger partial charge in [-0.1, -0.05) is 6.07 Å². The molecule has 0 bridgehead atoms. The standard InChI is InChI=1S/C13H15BrN4O2/c1-19-12-11(14)8-17-13(18-12)16-5-6-20-10-4-2-3-9(15)7-10/h2-4,7-8H,5-6,15H2,1H3,(H,16,17,18). The Labute approximate surface area is 125 Å². The predicted octanol–water partition coefficient (Wildman–Crippen LogP) is 2.32. The van der Waals surface area contributed by atoms with Gasteiger partial charge in [-0.3, -0.25) is 0 Å². The van der Waals surface area contributed by atoms with Gasteiger partial charge in [-0.15, -0.1) is 0 Å². The number of halogens is 1. The summed E-state index contributed by atoms with van der Waals surface area (Å²) in [6.07, 6.45) is 1.63. The molecular formula is C13H15BrN4O2. The number of hydrogen-bond donors (Lipinski definition) is 2. The highest BCUT2D eigenvalue weighted by Gasteiger charge is 2.04. The SMILES string of the molecule is COc1nc(NCCOc2cccc(N)c2)ncc1Br. The number of nitrogens with zero attached hydrogens (tertiary/aromatic N) is 2. The second-order valence-corrected chi connectivity index (χ2v) is 4.75. The molecule has 1 heterocycles. The fraction of sp³-hybridized carbons (Fsp3) is 0.231. The van der Waals surface area contributed by atoms with Crippen LogP contribution in [-0.2, 0) is 0 Å². The maximum atomic E-state index is 5.67. The number of aromatic nitrogens is 2. The molecule has 3 N–H and O–H groups in total. The zero-order valence-corrected chi connectivity index (χ0v) is 12.6. The predicted molar refractivity (Wildman–Crippen MR) is 81.1 cm³/mol. The van der Waals surface area contributed by atoms with Crippen molar-refractivity contribution in [2.45, 2.75) is 0 Å². The zero-order chi connectivity index (χ0) is 14.4. The summed E-state index contributed by atoms with van der Waals surface area (Å²) in [5.74, 6) is 1.71. The van der Waals surface area contributed by atoms with Crippen LogP contribution in [0.25, 0.3) is 0 Å². The van der Waals surface area contributed by atoms with Crippen LogP contribution in [-0.4, -0.2) is 30.2 Å². The molecule has 20 heavy (non-hydrogen) atoms. The molecule has 0 aliphatic rings. The van der Waals surface area contributed by atoms with Gasteiger partial charge in [-0.2, -0.15) is 4.98 Å². The molecule has 0 aliphatic carbocycles. The molecule has 7 heteroatoms. The molecule has 0 aliphatic heterocycles. The molecule has 0 unspecified atom stereocenters. The van der Waals surface area contributed by atoms with Gasteiger partial charge < -0.3 is 20.5 Å². The Bertz CT molecular complexity index is 580. The summed E-state index contributed by atoms with van der Waals surface area (Å²) in [7, 11) is 1.56. The third-order valence-corrected chi connectivity index (χ3v) is 2.96. The fourth-order valence-corrected chi connectivity index (χ4v) is 1.87. The first kappa shape index (κ1) is 14.4. The van der Waals surface area contributed by atoms with E-state index in [9.17, 15) is 0 Å². The van der Waals surface area contributed by atoms with E-state index < -0.39 is 0 Å². The van der Waals surface area contributed by atoms with Gasteiger partial charge in [0.15, 0.2) is 0 Å². The van der Waals surface area contributed by atoms with Crippen molar-refractivity contribution in [1.29, 1.82) is 0 Å². The van der Waals surface area contributed by atoms with Crippen LogP contribution in [0, 0.1) is 0 Å². The Morgan fingerprint density at radius 3 is 3.00 bits per heavy atom. The molecule has 6 nitrogen and oxygen atoms in total. The molecule has 0 fully saturated rings. The van der Waals surface area contributed by atoms with Gasteiger partial charge in [0.1, 0.15) is 12.4 Å². The van der Waals surface area contributed by atoms with E-state index in [1.54, 1.807) is 19.4 Å². The van der Waals surface area contributed by atoms with Crippen LogP contribution in [0.1, 0.15) is 0 Å². The lowest BCUT2D eigenvalue weighted by molar-refractivity contribution is 0.332. The molecule has 0 atom stereocenters. The lowest BCUT2D eigenvalue weighted by Crippen LogP contribution is -2.13. The monoisotopic (exact) mass is 338 g/mol. The van der Waals surface area contributed by atoms with E-state index in [0.717, 1.165) is 5.75 Å². The van der Waals surface area contributed by atoms with Crippen LogP contribution in [0.3, 0.4) is 0 Å². The molecule has 0 radical (unpaired) electrons. The van der Waals surface area contributed by atoms with E-state index in [2.05, 4.69) is 31.2 Å². The van der Waals surface area contributed by atoms with E-state index in [-0.39, 0.29) is 0 Å². The second-order valence-electron chi connectivity index (χ2n) is 3.90. The minimum absolute atomic E-state index is 0.477. The van der Waals surface area contributed by atoms with Crippen LogP contribution in [0.15, 0.2) is 34.9 Å². The average Bonchev–Trinajstić information content (AvgIpc) is 2.45. The average molecular weight is 339 g/mol. The lowest BCUT2D eigenvalue weighted by atomic mass is 10.3. The zero-order valence-electron chi connectivity index (χ0n) is 11.0. The quantitative estimate of drug-likeness (QED) is 0.621.